The maximum Gasteiger partial charge on any atom is 0.197 e. The van der Waals surface area contributed by atoms with Crippen LogP contribution in [0.25, 0.3) is 6.08 Å². The number of ketones is 2. The van der Waals surface area contributed by atoms with Crippen LogP contribution in [0.15, 0.2) is 48.0 Å². The van der Waals surface area contributed by atoms with Gasteiger partial charge in [0.15, 0.2) is 11.6 Å². The van der Waals surface area contributed by atoms with Crippen molar-refractivity contribution in [1.29, 1.82) is 0 Å². The molecule has 0 N–H and O–H groups in total. The first kappa shape index (κ1) is 13.6. The summed E-state index contributed by atoms with van der Waals surface area (Å²) in [6.07, 6.45) is 1.57. The zero-order chi connectivity index (χ0) is 15.0. The van der Waals surface area contributed by atoms with E-state index in [0.717, 1.165) is 0 Å². The van der Waals surface area contributed by atoms with E-state index in [4.69, 9.17) is 16.3 Å². The van der Waals surface area contributed by atoms with Gasteiger partial charge in [0.2, 0.25) is 0 Å². The van der Waals surface area contributed by atoms with Gasteiger partial charge < -0.3 is 4.74 Å². The normalized spacial score (nSPS) is 13.3. The van der Waals surface area contributed by atoms with Crippen LogP contribution in [0, 0.1) is 0 Å². The molecule has 1 aliphatic carbocycles. The van der Waals surface area contributed by atoms with E-state index < -0.39 is 0 Å². The number of hydrogen-bond acceptors (Lipinski definition) is 3. The Morgan fingerprint density at radius 1 is 1.00 bits per heavy atom. The van der Waals surface area contributed by atoms with Crippen LogP contribution in [-0.2, 0) is 0 Å². The summed E-state index contributed by atoms with van der Waals surface area (Å²) >= 11 is 6.05. The molecule has 0 saturated carbocycles. The molecule has 0 bridgehead atoms. The standard InChI is InChI=1S/C17H11ClO3/c1-21-15-7-6-10(9-14(15)18)8-13-16(19)11-4-2-3-5-12(11)17(13)20/h2-9H,1H3. The number of benzene rings is 2. The summed E-state index contributed by atoms with van der Waals surface area (Å²) in [5, 5.41) is 0.433. The van der Waals surface area contributed by atoms with Crippen LogP contribution in [0.1, 0.15) is 26.3 Å². The van der Waals surface area contributed by atoms with Crippen molar-refractivity contribution >= 4 is 29.2 Å². The van der Waals surface area contributed by atoms with Gasteiger partial charge in [0.1, 0.15) is 5.75 Å². The van der Waals surface area contributed by atoms with Crippen molar-refractivity contribution in [3.05, 3.63) is 69.8 Å². The Morgan fingerprint density at radius 2 is 1.62 bits per heavy atom. The summed E-state index contributed by atoms with van der Waals surface area (Å²) in [7, 11) is 1.53. The Labute approximate surface area is 126 Å². The summed E-state index contributed by atoms with van der Waals surface area (Å²) in [6, 6.07) is 11.9. The fraction of sp³-hybridized carbons (Fsp3) is 0.0588. The fourth-order valence-electron chi connectivity index (χ4n) is 2.34. The van der Waals surface area contributed by atoms with Gasteiger partial charge in [-0.3, -0.25) is 9.59 Å². The van der Waals surface area contributed by atoms with E-state index >= 15 is 0 Å². The number of hydrogen-bond donors (Lipinski definition) is 0. The average molecular weight is 299 g/mol. The predicted octanol–water partition coefficient (Wildman–Crippen LogP) is 3.81. The van der Waals surface area contributed by atoms with E-state index in [9.17, 15) is 9.59 Å². The number of rotatable bonds is 2. The van der Waals surface area contributed by atoms with Gasteiger partial charge in [-0.2, -0.15) is 0 Å². The molecule has 0 unspecified atom stereocenters. The number of halogens is 1. The number of fused-ring (bicyclic) bond motifs is 1. The maximum atomic E-state index is 12.3. The van der Waals surface area contributed by atoms with E-state index in [-0.39, 0.29) is 17.1 Å². The van der Waals surface area contributed by atoms with Crippen molar-refractivity contribution in [2.75, 3.05) is 7.11 Å². The highest BCUT2D eigenvalue weighted by atomic mass is 35.5. The Balaban J connectivity index is 2.04. The molecule has 0 aliphatic heterocycles. The van der Waals surface area contributed by atoms with Crippen molar-refractivity contribution in [1.82, 2.24) is 0 Å². The van der Waals surface area contributed by atoms with E-state index in [1.54, 1.807) is 48.5 Å². The molecule has 0 saturated heterocycles. The second-order valence-corrected chi connectivity index (χ2v) is 5.06. The van der Waals surface area contributed by atoms with E-state index in [1.807, 2.05) is 0 Å². The third kappa shape index (κ3) is 2.26. The minimum atomic E-state index is -0.248. The smallest absolute Gasteiger partial charge is 0.197 e. The largest absolute Gasteiger partial charge is 0.495 e. The second kappa shape index (κ2) is 5.19. The van der Waals surface area contributed by atoms with E-state index in [2.05, 4.69) is 0 Å². The first-order chi connectivity index (χ1) is 10.1. The van der Waals surface area contributed by atoms with E-state index in [1.165, 1.54) is 7.11 Å². The molecule has 0 radical (unpaired) electrons. The minimum Gasteiger partial charge on any atom is -0.495 e. The maximum absolute atomic E-state index is 12.3. The molecule has 0 heterocycles. The predicted molar refractivity (Wildman–Crippen MR) is 81.1 cm³/mol. The lowest BCUT2D eigenvalue weighted by Crippen LogP contribution is -2.00. The number of methoxy groups -OCH3 is 1. The van der Waals surface area contributed by atoms with Crippen LogP contribution in [0.4, 0.5) is 0 Å². The molecular formula is C17H11ClO3. The second-order valence-electron chi connectivity index (χ2n) is 4.66. The molecule has 4 heteroatoms. The Morgan fingerprint density at radius 3 is 2.14 bits per heavy atom. The monoisotopic (exact) mass is 298 g/mol. The van der Waals surface area contributed by atoms with Gasteiger partial charge in [-0.1, -0.05) is 41.9 Å². The van der Waals surface area contributed by atoms with Crippen LogP contribution < -0.4 is 4.74 Å². The number of Topliss-reactive ketones (excluding diaryl/α,β-unsaturated/α-hetero) is 2. The van der Waals surface area contributed by atoms with Gasteiger partial charge in [-0.05, 0) is 23.8 Å². The SMILES string of the molecule is COc1ccc(C=C2C(=O)c3ccccc3C2=O)cc1Cl. The highest BCUT2D eigenvalue weighted by molar-refractivity contribution is 6.41. The Kier molecular flexibility index (Phi) is 3.35. The molecule has 1 aliphatic rings. The quantitative estimate of drug-likeness (QED) is 0.625. The van der Waals surface area contributed by atoms with Gasteiger partial charge in [0.05, 0.1) is 17.7 Å². The fourth-order valence-corrected chi connectivity index (χ4v) is 2.61. The minimum absolute atomic E-state index is 0.164. The van der Waals surface area contributed by atoms with E-state index in [0.29, 0.717) is 27.5 Å². The van der Waals surface area contributed by atoms with Crippen molar-refractivity contribution in [3.8, 4) is 5.75 Å². The summed E-state index contributed by atoms with van der Waals surface area (Å²) in [5.41, 5.74) is 1.75. The summed E-state index contributed by atoms with van der Waals surface area (Å²) in [6.45, 7) is 0. The van der Waals surface area contributed by atoms with Crippen LogP contribution in [0.3, 0.4) is 0 Å². The zero-order valence-corrected chi connectivity index (χ0v) is 12.0. The number of ether oxygens (including phenoxy) is 1. The third-order valence-electron chi connectivity index (χ3n) is 3.39. The Bertz CT molecular complexity index is 753. The molecule has 2 aromatic rings. The molecule has 3 nitrogen and oxygen atoms in total. The number of allylic oxidation sites excluding steroid dienone is 1. The van der Waals surface area contributed by atoms with Crippen LogP contribution in [0.2, 0.25) is 5.02 Å². The van der Waals surface area contributed by atoms with Gasteiger partial charge in [0, 0.05) is 11.1 Å². The molecule has 21 heavy (non-hydrogen) atoms. The molecule has 3 rings (SSSR count). The van der Waals surface area contributed by atoms with Crippen molar-refractivity contribution in [2.45, 2.75) is 0 Å². The van der Waals surface area contributed by atoms with Crippen molar-refractivity contribution < 1.29 is 14.3 Å². The third-order valence-corrected chi connectivity index (χ3v) is 3.69. The first-order valence-electron chi connectivity index (χ1n) is 6.35. The van der Waals surface area contributed by atoms with Gasteiger partial charge in [-0.25, -0.2) is 0 Å². The highest BCUT2D eigenvalue weighted by Gasteiger charge is 2.32. The first-order valence-corrected chi connectivity index (χ1v) is 6.73. The lowest BCUT2D eigenvalue weighted by Gasteiger charge is -2.03. The molecular weight excluding hydrogens is 288 g/mol. The van der Waals surface area contributed by atoms with Gasteiger partial charge in [-0.15, -0.1) is 0 Å². The zero-order valence-electron chi connectivity index (χ0n) is 11.2. The molecule has 0 fully saturated rings. The summed E-state index contributed by atoms with van der Waals surface area (Å²) < 4.78 is 5.08. The molecule has 0 atom stereocenters. The van der Waals surface area contributed by atoms with Gasteiger partial charge >= 0.3 is 0 Å². The molecule has 2 aromatic carbocycles. The van der Waals surface area contributed by atoms with Crippen LogP contribution >= 0.6 is 11.6 Å². The van der Waals surface area contributed by atoms with Crippen molar-refractivity contribution in [2.24, 2.45) is 0 Å². The van der Waals surface area contributed by atoms with Crippen LogP contribution in [-0.4, -0.2) is 18.7 Å². The Hall–Kier alpha value is -2.39. The molecule has 104 valence electrons. The summed E-state index contributed by atoms with van der Waals surface area (Å²) in [4.78, 5) is 24.5. The average Bonchev–Trinajstić information content (AvgIpc) is 2.73. The molecule has 0 amide bonds. The summed E-state index contributed by atoms with van der Waals surface area (Å²) in [5.74, 6) is 0.0521. The van der Waals surface area contributed by atoms with Crippen molar-refractivity contribution in [3.63, 3.8) is 0 Å². The van der Waals surface area contributed by atoms with Gasteiger partial charge in [0.25, 0.3) is 0 Å². The van der Waals surface area contributed by atoms with Crippen LogP contribution in [0.5, 0.6) is 5.75 Å². The number of carbonyl (C=O) groups is 2. The highest BCUT2D eigenvalue weighted by Crippen LogP contribution is 2.30. The topological polar surface area (TPSA) is 43.4 Å². The molecule has 0 spiro atoms. The lowest BCUT2D eigenvalue weighted by atomic mass is 10.1. The number of carbonyl (C=O) groups excluding carboxylic acids is 2. The lowest BCUT2D eigenvalue weighted by molar-refractivity contribution is 0.0990. The molecule has 0 aromatic heterocycles.